The zero-order valence-electron chi connectivity index (χ0n) is 21.4. The maximum Gasteiger partial charge on any atom is 0.417 e. The fraction of sp³-hybridized carbons (Fsp3) is 0.458. The van der Waals surface area contributed by atoms with Crippen LogP contribution >= 0.6 is 0 Å². The topological polar surface area (TPSA) is 166 Å². The summed E-state index contributed by atoms with van der Waals surface area (Å²) in [5, 5.41) is 9.19. The van der Waals surface area contributed by atoms with E-state index in [1.54, 1.807) is 0 Å². The first kappa shape index (κ1) is 30.2. The molecule has 40 heavy (non-hydrogen) atoms. The SMILES string of the molecule is CC(=O)OC[C@H]1O[C@@H](On2c(C(=O)O)cc3c(C(F)(F)F)cccc32)[C@H](OC(C)=O)[C@@H](OC(C)=O)[C@@H]1OC(C)=O. The standard InChI is InChI=1S/C24H24F3NO12/c1-10(29)35-9-18-19(36-11(2)30)20(37-12(3)31)21(38-13(4)32)23(39-18)40-28-16-7-5-6-15(24(25,26)27)14(16)8-17(28)22(33)34/h5-8,18-21,23H,9H2,1-4H3,(H,33,34)/t18-,19-,20+,21-,23+/m1/s1. The molecule has 2 heterocycles. The first-order valence-electron chi connectivity index (χ1n) is 11.5. The molecule has 1 saturated heterocycles. The van der Waals surface area contributed by atoms with E-state index in [2.05, 4.69) is 0 Å². The molecule has 1 aromatic heterocycles. The quantitative estimate of drug-likeness (QED) is 0.359. The number of hydrogen-bond acceptors (Lipinski definition) is 11. The van der Waals surface area contributed by atoms with Gasteiger partial charge in [0.2, 0.25) is 6.10 Å². The molecule has 13 nitrogen and oxygen atoms in total. The van der Waals surface area contributed by atoms with Crippen molar-refractivity contribution in [2.45, 2.75) is 64.6 Å². The molecule has 0 saturated carbocycles. The summed E-state index contributed by atoms with van der Waals surface area (Å²) in [6.45, 7) is 3.43. The van der Waals surface area contributed by atoms with Crippen molar-refractivity contribution in [3.8, 4) is 0 Å². The number of ether oxygens (including phenoxy) is 5. The van der Waals surface area contributed by atoms with Gasteiger partial charge in [-0.3, -0.25) is 19.2 Å². The molecule has 3 rings (SSSR count). The molecule has 1 aromatic carbocycles. The van der Waals surface area contributed by atoms with Crippen LogP contribution in [-0.2, 0) is 49.0 Å². The van der Waals surface area contributed by atoms with E-state index in [1.165, 1.54) is 0 Å². The van der Waals surface area contributed by atoms with Crippen LogP contribution in [0.5, 0.6) is 0 Å². The van der Waals surface area contributed by atoms with Crippen LogP contribution in [0.15, 0.2) is 24.3 Å². The number of aromatic nitrogens is 1. The highest BCUT2D eigenvalue weighted by atomic mass is 19.4. The van der Waals surface area contributed by atoms with Gasteiger partial charge in [-0.15, -0.1) is 0 Å². The van der Waals surface area contributed by atoms with Crippen molar-refractivity contribution < 1.29 is 70.8 Å². The number of alkyl halides is 3. The predicted molar refractivity (Wildman–Crippen MR) is 122 cm³/mol. The van der Waals surface area contributed by atoms with E-state index in [0.29, 0.717) is 4.73 Å². The minimum atomic E-state index is -4.85. The van der Waals surface area contributed by atoms with Gasteiger partial charge >= 0.3 is 36.0 Å². The molecule has 0 radical (unpaired) electrons. The number of carbonyl (C=O) groups excluding carboxylic acids is 4. The van der Waals surface area contributed by atoms with Gasteiger partial charge in [-0.2, -0.15) is 17.9 Å². The van der Waals surface area contributed by atoms with Gasteiger partial charge in [-0.05, 0) is 18.2 Å². The molecule has 0 aliphatic carbocycles. The van der Waals surface area contributed by atoms with E-state index in [-0.39, 0.29) is 5.52 Å². The molecule has 1 aliphatic heterocycles. The van der Waals surface area contributed by atoms with E-state index < -0.39 is 90.0 Å². The molecule has 2 aromatic rings. The highest BCUT2D eigenvalue weighted by molar-refractivity contribution is 5.95. The van der Waals surface area contributed by atoms with Crippen LogP contribution in [0.1, 0.15) is 43.7 Å². The van der Waals surface area contributed by atoms with Gasteiger partial charge in [0.25, 0.3) is 6.29 Å². The van der Waals surface area contributed by atoms with E-state index in [9.17, 15) is 42.3 Å². The number of benzene rings is 1. The smallest absolute Gasteiger partial charge is 0.417 e. The Labute approximate surface area is 223 Å². The third-order valence-corrected chi connectivity index (χ3v) is 5.48. The summed E-state index contributed by atoms with van der Waals surface area (Å²) in [6, 6.07) is 3.63. The third kappa shape index (κ3) is 6.80. The molecule has 16 heteroatoms. The van der Waals surface area contributed by atoms with Crippen LogP contribution in [0.4, 0.5) is 13.2 Å². The Balaban J connectivity index is 2.18. The van der Waals surface area contributed by atoms with E-state index in [0.717, 1.165) is 52.0 Å². The third-order valence-electron chi connectivity index (χ3n) is 5.48. The van der Waals surface area contributed by atoms with Gasteiger partial charge in [0.1, 0.15) is 12.7 Å². The zero-order chi connectivity index (χ0) is 29.9. The van der Waals surface area contributed by atoms with Crippen LogP contribution in [0.3, 0.4) is 0 Å². The Kier molecular flexibility index (Phi) is 8.92. The second-order valence-corrected chi connectivity index (χ2v) is 8.54. The molecule has 1 N–H and O–H groups in total. The highest BCUT2D eigenvalue weighted by Gasteiger charge is 2.54. The average molecular weight is 575 g/mol. The number of hydrogen-bond donors (Lipinski definition) is 1. The lowest BCUT2D eigenvalue weighted by Gasteiger charge is -2.43. The molecule has 0 unspecified atom stereocenters. The summed E-state index contributed by atoms with van der Waals surface area (Å²) >= 11 is 0. The Morgan fingerprint density at radius 2 is 1.48 bits per heavy atom. The lowest BCUT2D eigenvalue weighted by molar-refractivity contribution is -0.306. The number of halogens is 3. The maximum atomic E-state index is 13.6. The molecule has 5 atom stereocenters. The van der Waals surface area contributed by atoms with E-state index in [4.69, 9.17) is 28.5 Å². The summed E-state index contributed by atoms with van der Waals surface area (Å²) in [4.78, 5) is 64.9. The second kappa shape index (κ2) is 11.8. The van der Waals surface area contributed by atoms with Gasteiger partial charge in [0.05, 0.1) is 11.1 Å². The Morgan fingerprint density at radius 3 is 2.00 bits per heavy atom. The molecule has 0 amide bonds. The van der Waals surface area contributed by atoms with Crippen molar-refractivity contribution in [3.05, 3.63) is 35.5 Å². The molecule has 0 spiro atoms. The van der Waals surface area contributed by atoms with Crippen molar-refractivity contribution >= 4 is 40.7 Å². The second-order valence-electron chi connectivity index (χ2n) is 8.54. The summed E-state index contributed by atoms with van der Waals surface area (Å²) in [5.74, 6) is -5.25. The van der Waals surface area contributed by atoms with E-state index in [1.807, 2.05) is 0 Å². The molecular formula is C24H24F3NO12. The van der Waals surface area contributed by atoms with Crippen molar-refractivity contribution in [2.75, 3.05) is 6.61 Å². The lowest BCUT2D eigenvalue weighted by atomic mass is 9.98. The number of aromatic carboxylic acids is 1. The fourth-order valence-electron chi connectivity index (χ4n) is 4.09. The minimum Gasteiger partial charge on any atom is -0.476 e. The van der Waals surface area contributed by atoms with Gasteiger partial charge in [-0.25, -0.2) is 4.79 Å². The summed E-state index contributed by atoms with van der Waals surface area (Å²) < 4.78 is 67.8. The molecule has 1 aliphatic rings. The summed E-state index contributed by atoms with van der Waals surface area (Å²) in [6.07, 6.45) is -13.1. The molecule has 1 fully saturated rings. The monoisotopic (exact) mass is 575 g/mol. The van der Waals surface area contributed by atoms with Crippen LogP contribution in [-0.4, -0.2) is 77.0 Å². The van der Waals surface area contributed by atoms with Crippen LogP contribution in [0, 0.1) is 0 Å². The van der Waals surface area contributed by atoms with Gasteiger partial charge in [0, 0.05) is 33.1 Å². The number of nitrogens with zero attached hydrogens (tertiary/aromatic N) is 1. The molecule has 218 valence electrons. The Hall–Kier alpha value is -4.34. The van der Waals surface area contributed by atoms with Crippen molar-refractivity contribution in [1.29, 1.82) is 0 Å². The van der Waals surface area contributed by atoms with Crippen LogP contribution in [0.25, 0.3) is 10.9 Å². The largest absolute Gasteiger partial charge is 0.476 e. The van der Waals surface area contributed by atoms with E-state index >= 15 is 0 Å². The average Bonchev–Trinajstić information content (AvgIpc) is 3.18. The first-order chi connectivity index (χ1) is 18.6. The number of esters is 4. The van der Waals surface area contributed by atoms with Gasteiger partial charge < -0.3 is 33.6 Å². The lowest BCUT2D eigenvalue weighted by Crippen LogP contribution is -2.64. The number of carboxylic acids is 1. The molecular weight excluding hydrogens is 551 g/mol. The fourth-order valence-corrected chi connectivity index (χ4v) is 4.09. The van der Waals surface area contributed by atoms with Gasteiger partial charge in [0.15, 0.2) is 17.9 Å². The predicted octanol–water partition coefficient (Wildman–Crippen LogP) is 1.87. The van der Waals surface area contributed by atoms with Crippen LogP contribution in [0.2, 0.25) is 0 Å². The number of carbonyl (C=O) groups is 5. The normalized spacial score (nSPS) is 22.7. The Bertz CT molecular complexity index is 1320. The number of carboxylic acid groups (broad SMARTS) is 1. The zero-order valence-corrected chi connectivity index (χ0v) is 21.4. The maximum absolute atomic E-state index is 13.6. The molecule has 0 bridgehead atoms. The highest BCUT2D eigenvalue weighted by Crippen LogP contribution is 2.37. The number of rotatable bonds is 8. The van der Waals surface area contributed by atoms with Gasteiger partial charge in [-0.1, -0.05) is 6.07 Å². The van der Waals surface area contributed by atoms with Crippen LogP contribution < -0.4 is 4.84 Å². The Morgan fingerprint density at radius 1 is 0.900 bits per heavy atom. The first-order valence-corrected chi connectivity index (χ1v) is 11.5. The van der Waals surface area contributed by atoms with Crippen molar-refractivity contribution in [1.82, 2.24) is 4.73 Å². The summed E-state index contributed by atoms with van der Waals surface area (Å²) in [5.41, 5.74) is -2.27. The van der Waals surface area contributed by atoms with Crippen molar-refractivity contribution in [2.24, 2.45) is 0 Å². The summed E-state index contributed by atoms with van der Waals surface area (Å²) in [7, 11) is 0. The number of fused-ring (bicyclic) bond motifs is 1. The minimum absolute atomic E-state index is 0.347. The van der Waals surface area contributed by atoms with Crippen molar-refractivity contribution in [3.63, 3.8) is 0 Å².